The summed E-state index contributed by atoms with van der Waals surface area (Å²) in [6, 6.07) is 9.48. The number of benzene rings is 1. The highest BCUT2D eigenvalue weighted by Crippen LogP contribution is 2.33. The molecule has 2 N–H and O–H groups in total. The van der Waals surface area contributed by atoms with E-state index in [1.54, 1.807) is 0 Å². The number of rotatable bonds is 1. The van der Waals surface area contributed by atoms with E-state index < -0.39 is 0 Å². The number of nitrogen functional groups attached to an aromatic ring is 1. The fraction of sp³-hybridized carbons (Fsp3) is 0. The van der Waals surface area contributed by atoms with Gasteiger partial charge in [0.1, 0.15) is 11.5 Å². The lowest BCUT2D eigenvalue weighted by atomic mass is 10.1. The second kappa shape index (κ2) is 4.81. The third kappa shape index (κ3) is 2.16. The maximum atomic E-state index is 6.16. The third-order valence-corrected chi connectivity index (χ3v) is 4.67. The second-order valence-corrected chi connectivity index (χ2v) is 6.14. The summed E-state index contributed by atoms with van der Waals surface area (Å²) in [4.78, 5) is 4.58. The molecule has 3 aromatic rings. The van der Waals surface area contributed by atoms with Crippen LogP contribution in [0, 0.1) is 0 Å². The zero-order valence-electron chi connectivity index (χ0n) is 9.57. The standard InChI is InChI=1S/C13H8Br2ClN3/c14-8-2-1-5-19-12(17)11(18-13(8)19)7-3-4-10(16)9(15)6-7/h1-6H,17H2. The Balaban J connectivity index is 2.28. The van der Waals surface area contributed by atoms with E-state index in [1.165, 1.54) is 0 Å². The van der Waals surface area contributed by atoms with Crippen LogP contribution < -0.4 is 5.73 Å². The molecule has 3 rings (SSSR count). The van der Waals surface area contributed by atoms with Gasteiger partial charge in [0.25, 0.3) is 0 Å². The Morgan fingerprint density at radius 1 is 1.16 bits per heavy atom. The van der Waals surface area contributed by atoms with Crippen molar-refractivity contribution < 1.29 is 0 Å². The summed E-state index contributed by atoms with van der Waals surface area (Å²) in [7, 11) is 0. The predicted molar refractivity (Wildman–Crippen MR) is 85.5 cm³/mol. The average Bonchev–Trinajstić information content (AvgIpc) is 2.72. The highest BCUT2D eigenvalue weighted by molar-refractivity contribution is 9.11. The Morgan fingerprint density at radius 2 is 1.95 bits per heavy atom. The van der Waals surface area contributed by atoms with E-state index in [0.717, 1.165) is 25.8 Å². The minimum Gasteiger partial charge on any atom is -0.383 e. The Labute approximate surface area is 131 Å². The minimum absolute atomic E-state index is 0.602. The molecule has 3 nitrogen and oxygen atoms in total. The van der Waals surface area contributed by atoms with Crippen LogP contribution in [0.4, 0.5) is 5.82 Å². The largest absolute Gasteiger partial charge is 0.383 e. The molecule has 0 saturated carbocycles. The molecule has 0 spiro atoms. The van der Waals surface area contributed by atoms with Gasteiger partial charge in [0.05, 0.1) is 9.50 Å². The van der Waals surface area contributed by atoms with Crippen LogP contribution in [-0.4, -0.2) is 9.38 Å². The molecule has 1 aromatic carbocycles. The van der Waals surface area contributed by atoms with Crippen molar-refractivity contribution in [3.63, 3.8) is 0 Å². The number of imidazole rings is 1. The van der Waals surface area contributed by atoms with Crippen molar-refractivity contribution in [1.29, 1.82) is 0 Å². The molecule has 0 aliphatic heterocycles. The summed E-state index contributed by atoms with van der Waals surface area (Å²) in [6.07, 6.45) is 1.89. The molecule has 0 saturated heterocycles. The number of pyridine rings is 1. The first-order valence-electron chi connectivity index (χ1n) is 5.45. The number of fused-ring (bicyclic) bond motifs is 1. The van der Waals surface area contributed by atoms with E-state index in [4.69, 9.17) is 17.3 Å². The first kappa shape index (κ1) is 13.0. The first-order valence-corrected chi connectivity index (χ1v) is 7.42. The Kier molecular flexibility index (Phi) is 3.28. The van der Waals surface area contributed by atoms with Crippen molar-refractivity contribution in [3.8, 4) is 11.3 Å². The number of halogens is 3. The molecule has 0 fully saturated rings. The maximum absolute atomic E-state index is 6.16. The SMILES string of the molecule is Nc1c(-c2ccc(Cl)c(Br)c2)nc2c(Br)cccn12. The number of aromatic nitrogens is 2. The minimum atomic E-state index is 0.602. The molecule has 6 heteroatoms. The molecule has 0 unspecified atom stereocenters. The van der Waals surface area contributed by atoms with Crippen molar-refractivity contribution in [2.45, 2.75) is 0 Å². The summed E-state index contributed by atoms with van der Waals surface area (Å²) in [5.41, 5.74) is 8.61. The number of nitrogens with zero attached hydrogens (tertiary/aromatic N) is 2. The van der Waals surface area contributed by atoms with E-state index in [9.17, 15) is 0 Å². The van der Waals surface area contributed by atoms with E-state index >= 15 is 0 Å². The zero-order valence-corrected chi connectivity index (χ0v) is 13.5. The van der Waals surface area contributed by atoms with E-state index in [-0.39, 0.29) is 0 Å². The third-order valence-electron chi connectivity index (χ3n) is 2.83. The molecule has 2 aromatic heterocycles. The quantitative estimate of drug-likeness (QED) is 0.639. The van der Waals surface area contributed by atoms with Crippen molar-refractivity contribution in [3.05, 3.63) is 50.5 Å². The summed E-state index contributed by atoms with van der Waals surface area (Å²) in [5.74, 6) is 0.602. The fourth-order valence-electron chi connectivity index (χ4n) is 1.91. The lowest BCUT2D eigenvalue weighted by molar-refractivity contribution is 1.19. The van der Waals surface area contributed by atoms with Crippen LogP contribution >= 0.6 is 43.5 Å². The van der Waals surface area contributed by atoms with Gasteiger partial charge in [-0.25, -0.2) is 4.98 Å². The number of hydrogen-bond donors (Lipinski definition) is 1. The predicted octanol–water partition coefficient (Wildman–Crippen LogP) is 4.76. The van der Waals surface area contributed by atoms with Crippen LogP contribution in [0.1, 0.15) is 0 Å². The lowest BCUT2D eigenvalue weighted by Gasteiger charge is -2.01. The van der Waals surface area contributed by atoms with Gasteiger partial charge in [0, 0.05) is 16.2 Å². The molecule has 0 aliphatic carbocycles. The van der Waals surface area contributed by atoms with Crippen LogP contribution in [0.25, 0.3) is 16.9 Å². The van der Waals surface area contributed by atoms with Crippen LogP contribution in [0.2, 0.25) is 5.02 Å². The fourth-order valence-corrected chi connectivity index (χ4v) is 2.84. The van der Waals surface area contributed by atoms with Gasteiger partial charge in [0.2, 0.25) is 0 Å². The van der Waals surface area contributed by atoms with Gasteiger partial charge < -0.3 is 5.73 Å². The Morgan fingerprint density at radius 3 is 2.63 bits per heavy atom. The first-order chi connectivity index (χ1) is 9.08. The van der Waals surface area contributed by atoms with Crippen LogP contribution in [0.5, 0.6) is 0 Å². The van der Waals surface area contributed by atoms with E-state index in [0.29, 0.717) is 10.8 Å². The van der Waals surface area contributed by atoms with Crippen molar-refractivity contribution in [2.24, 2.45) is 0 Å². The molecule has 96 valence electrons. The van der Waals surface area contributed by atoms with Gasteiger partial charge in [-0.3, -0.25) is 4.40 Å². The van der Waals surface area contributed by atoms with Crippen molar-refractivity contribution in [1.82, 2.24) is 9.38 Å². The number of anilines is 1. The van der Waals surface area contributed by atoms with E-state index in [2.05, 4.69) is 36.8 Å². The average molecular weight is 401 g/mol. The summed E-state index contributed by atoms with van der Waals surface area (Å²) in [6.45, 7) is 0. The smallest absolute Gasteiger partial charge is 0.153 e. The summed E-state index contributed by atoms with van der Waals surface area (Å²) < 4.78 is 3.57. The lowest BCUT2D eigenvalue weighted by Crippen LogP contribution is -1.93. The maximum Gasteiger partial charge on any atom is 0.153 e. The van der Waals surface area contributed by atoms with Crippen LogP contribution in [0.15, 0.2) is 45.5 Å². The van der Waals surface area contributed by atoms with Gasteiger partial charge in [0.15, 0.2) is 5.65 Å². The molecule has 0 bridgehead atoms. The van der Waals surface area contributed by atoms with Crippen molar-refractivity contribution >= 4 is 54.9 Å². The van der Waals surface area contributed by atoms with Gasteiger partial charge in [-0.15, -0.1) is 0 Å². The van der Waals surface area contributed by atoms with Crippen molar-refractivity contribution in [2.75, 3.05) is 5.73 Å². The normalized spacial score (nSPS) is 11.1. The molecule has 0 atom stereocenters. The number of hydrogen-bond acceptors (Lipinski definition) is 2. The molecule has 19 heavy (non-hydrogen) atoms. The highest BCUT2D eigenvalue weighted by atomic mass is 79.9. The van der Waals surface area contributed by atoms with Gasteiger partial charge in [-0.05, 0) is 56.1 Å². The second-order valence-electron chi connectivity index (χ2n) is 4.02. The number of nitrogens with two attached hydrogens (primary N) is 1. The Hall–Kier alpha value is -1.04. The summed E-state index contributed by atoms with van der Waals surface area (Å²) >= 11 is 12.9. The molecule has 0 amide bonds. The topological polar surface area (TPSA) is 43.3 Å². The Bertz CT molecular complexity index is 783. The molecular formula is C13H8Br2ClN3. The molecule has 2 heterocycles. The monoisotopic (exact) mass is 399 g/mol. The van der Waals surface area contributed by atoms with Crippen LogP contribution in [0.3, 0.4) is 0 Å². The molecular weight excluding hydrogens is 393 g/mol. The van der Waals surface area contributed by atoms with E-state index in [1.807, 2.05) is 40.9 Å². The van der Waals surface area contributed by atoms with Gasteiger partial charge in [-0.2, -0.15) is 0 Å². The highest BCUT2D eigenvalue weighted by Gasteiger charge is 2.13. The van der Waals surface area contributed by atoms with Gasteiger partial charge >= 0.3 is 0 Å². The van der Waals surface area contributed by atoms with Crippen LogP contribution in [-0.2, 0) is 0 Å². The van der Waals surface area contributed by atoms with Gasteiger partial charge in [-0.1, -0.05) is 17.7 Å². The zero-order chi connectivity index (χ0) is 13.6. The molecule has 0 aliphatic rings. The molecule has 0 radical (unpaired) electrons. The summed E-state index contributed by atoms with van der Waals surface area (Å²) in [5, 5.41) is 0.660.